The van der Waals surface area contributed by atoms with Crippen LogP contribution in [0.1, 0.15) is 59.4 Å². The Kier molecular flexibility index (Phi) is 5.86. The van der Waals surface area contributed by atoms with Gasteiger partial charge in [-0.1, -0.05) is 46.8 Å². The molecule has 0 bridgehead atoms. The minimum Gasteiger partial charge on any atom is -0.464 e. The normalized spacial score (nSPS) is 15.1. The molecule has 19 heavy (non-hydrogen) atoms. The van der Waals surface area contributed by atoms with E-state index in [2.05, 4.69) is 52.8 Å². The summed E-state index contributed by atoms with van der Waals surface area (Å²) in [5.41, 5.74) is 1.28. The summed E-state index contributed by atoms with van der Waals surface area (Å²) in [6, 6.07) is 8.35. The summed E-state index contributed by atoms with van der Waals surface area (Å²) < 4.78 is 11.7. The maximum Gasteiger partial charge on any atom is 0.204 e. The van der Waals surface area contributed by atoms with Gasteiger partial charge in [0.1, 0.15) is 5.75 Å². The zero-order chi connectivity index (χ0) is 14.5. The molecule has 1 rings (SSSR count). The van der Waals surface area contributed by atoms with Gasteiger partial charge in [-0.25, -0.2) is 0 Å². The van der Waals surface area contributed by atoms with Crippen LogP contribution in [-0.4, -0.2) is 12.9 Å². The van der Waals surface area contributed by atoms with E-state index in [-0.39, 0.29) is 11.7 Å². The van der Waals surface area contributed by atoms with Gasteiger partial charge in [-0.15, -0.1) is 0 Å². The van der Waals surface area contributed by atoms with Gasteiger partial charge in [0.05, 0.1) is 0 Å². The number of rotatable bonds is 6. The van der Waals surface area contributed by atoms with E-state index in [4.69, 9.17) is 9.47 Å². The molecule has 0 aliphatic heterocycles. The Hall–Kier alpha value is -1.02. The highest BCUT2D eigenvalue weighted by molar-refractivity contribution is 5.30. The quantitative estimate of drug-likeness (QED) is 0.674. The highest BCUT2D eigenvalue weighted by atomic mass is 16.7. The van der Waals surface area contributed by atoms with E-state index in [0.29, 0.717) is 12.5 Å². The van der Waals surface area contributed by atoms with Crippen molar-refractivity contribution in [1.82, 2.24) is 0 Å². The zero-order valence-electron chi connectivity index (χ0n) is 13.2. The molecule has 2 unspecified atom stereocenters. The molecule has 1 aromatic carbocycles. The van der Waals surface area contributed by atoms with Gasteiger partial charge in [-0.2, -0.15) is 0 Å². The third-order valence-corrected chi connectivity index (χ3v) is 3.31. The third-order valence-electron chi connectivity index (χ3n) is 3.31. The van der Waals surface area contributed by atoms with Gasteiger partial charge in [-0.05, 0) is 37.0 Å². The van der Waals surface area contributed by atoms with Crippen molar-refractivity contribution in [3.63, 3.8) is 0 Å². The first kappa shape index (κ1) is 16.0. The van der Waals surface area contributed by atoms with E-state index < -0.39 is 0 Å². The summed E-state index contributed by atoms with van der Waals surface area (Å²) in [6.07, 6.45) is 0.919. The van der Waals surface area contributed by atoms with Crippen LogP contribution in [0.25, 0.3) is 0 Å². The molecule has 0 aliphatic carbocycles. The Balaban J connectivity index is 2.85. The van der Waals surface area contributed by atoms with Crippen LogP contribution in [0.5, 0.6) is 5.75 Å². The van der Waals surface area contributed by atoms with Gasteiger partial charge in [0.2, 0.25) is 6.29 Å². The Morgan fingerprint density at radius 2 is 1.84 bits per heavy atom. The average Bonchev–Trinajstić information content (AvgIpc) is 2.36. The molecule has 2 heteroatoms. The van der Waals surface area contributed by atoms with E-state index in [1.54, 1.807) is 0 Å². The Morgan fingerprint density at radius 1 is 1.16 bits per heavy atom. The molecule has 2 atom stereocenters. The van der Waals surface area contributed by atoms with E-state index >= 15 is 0 Å². The van der Waals surface area contributed by atoms with Crippen LogP contribution in [0, 0.1) is 5.41 Å². The van der Waals surface area contributed by atoms with Crippen molar-refractivity contribution in [3.05, 3.63) is 29.8 Å². The number of ether oxygens (including phenoxy) is 2. The molecule has 0 aromatic heterocycles. The second-order valence-electron chi connectivity index (χ2n) is 6.15. The number of hydrogen-bond acceptors (Lipinski definition) is 2. The van der Waals surface area contributed by atoms with Crippen molar-refractivity contribution in [3.8, 4) is 5.75 Å². The van der Waals surface area contributed by atoms with Gasteiger partial charge >= 0.3 is 0 Å². The van der Waals surface area contributed by atoms with Crippen LogP contribution in [0.3, 0.4) is 0 Å². The number of benzene rings is 1. The zero-order valence-corrected chi connectivity index (χ0v) is 13.2. The third kappa shape index (κ3) is 4.87. The summed E-state index contributed by atoms with van der Waals surface area (Å²) >= 11 is 0. The molecule has 0 spiro atoms. The van der Waals surface area contributed by atoms with Crippen LogP contribution in [0.2, 0.25) is 0 Å². The van der Waals surface area contributed by atoms with Gasteiger partial charge in [0, 0.05) is 12.0 Å². The lowest BCUT2D eigenvalue weighted by Crippen LogP contribution is -2.34. The second kappa shape index (κ2) is 6.95. The van der Waals surface area contributed by atoms with Crippen molar-refractivity contribution in [2.24, 2.45) is 5.41 Å². The fraction of sp³-hybridized carbons (Fsp3) is 0.647. The second-order valence-corrected chi connectivity index (χ2v) is 6.15. The van der Waals surface area contributed by atoms with Gasteiger partial charge in [0.15, 0.2) is 0 Å². The van der Waals surface area contributed by atoms with Crippen LogP contribution < -0.4 is 4.74 Å². The lowest BCUT2D eigenvalue weighted by molar-refractivity contribution is -0.137. The highest BCUT2D eigenvalue weighted by Gasteiger charge is 2.27. The molecule has 0 N–H and O–H groups in total. The topological polar surface area (TPSA) is 18.5 Å². The Labute approximate surface area is 118 Å². The lowest BCUT2D eigenvalue weighted by Gasteiger charge is -2.30. The first-order valence-corrected chi connectivity index (χ1v) is 7.26. The smallest absolute Gasteiger partial charge is 0.204 e. The summed E-state index contributed by atoms with van der Waals surface area (Å²) in [7, 11) is 0. The molecule has 1 aromatic rings. The first-order chi connectivity index (χ1) is 8.88. The van der Waals surface area contributed by atoms with E-state index in [9.17, 15) is 0 Å². The molecular weight excluding hydrogens is 236 g/mol. The minimum absolute atomic E-state index is 0.0393. The molecule has 0 saturated heterocycles. The molecule has 0 aliphatic rings. The maximum atomic E-state index is 6.03. The Morgan fingerprint density at radius 3 is 2.37 bits per heavy atom. The van der Waals surface area contributed by atoms with Crippen molar-refractivity contribution in [2.45, 2.75) is 60.2 Å². The lowest BCUT2D eigenvalue weighted by atomic mass is 9.95. The monoisotopic (exact) mass is 264 g/mol. The van der Waals surface area contributed by atoms with Crippen LogP contribution in [-0.2, 0) is 4.74 Å². The fourth-order valence-electron chi connectivity index (χ4n) is 1.87. The highest BCUT2D eigenvalue weighted by Crippen LogP contribution is 2.28. The van der Waals surface area contributed by atoms with Crippen LogP contribution in [0.15, 0.2) is 24.3 Å². The van der Waals surface area contributed by atoms with Crippen LogP contribution in [0.4, 0.5) is 0 Å². The van der Waals surface area contributed by atoms with Gasteiger partial charge in [-0.3, -0.25) is 0 Å². The van der Waals surface area contributed by atoms with Gasteiger partial charge < -0.3 is 9.47 Å². The first-order valence-electron chi connectivity index (χ1n) is 7.26. The van der Waals surface area contributed by atoms with Crippen molar-refractivity contribution in [1.29, 1.82) is 0 Å². The standard InChI is InChI=1S/C17H28O2/c1-7-13(3)14-10-9-11-15(12-14)19-16(18-8-2)17(4,5)6/h9-13,16H,7-8H2,1-6H3. The molecule has 2 nitrogen and oxygen atoms in total. The molecule has 0 radical (unpaired) electrons. The van der Waals surface area contributed by atoms with Crippen LogP contribution >= 0.6 is 0 Å². The van der Waals surface area contributed by atoms with Crippen molar-refractivity contribution >= 4 is 0 Å². The largest absolute Gasteiger partial charge is 0.464 e. The summed E-state index contributed by atoms with van der Waals surface area (Å²) in [6.45, 7) is 13.5. The summed E-state index contributed by atoms with van der Waals surface area (Å²) in [5, 5.41) is 0. The molecule has 0 heterocycles. The van der Waals surface area contributed by atoms with Crippen molar-refractivity contribution < 1.29 is 9.47 Å². The molecule has 0 fully saturated rings. The number of hydrogen-bond donors (Lipinski definition) is 0. The average molecular weight is 264 g/mol. The maximum absolute atomic E-state index is 6.03. The molecule has 0 amide bonds. The van der Waals surface area contributed by atoms with E-state index in [1.807, 2.05) is 13.0 Å². The minimum atomic E-state index is -0.218. The van der Waals surface area contributed by atoms with Crippen molar-refractivity contribution in [2.75, 3.05) is 6.61 Å². The molecule has 0 saturated carbocycles. The Bertz CT molecular complexity index is 379. The molecular formula is C17H28O2. The van der Waals surface area contributed by atoms with E-state index in [0.717, 1.165) is 12.2 Å². The summed E-state index contributed by atoms with van der Waals surface area (Å²) in [5.74, 6) is 1.45. The predicted octanol–water partition coefficient (Wildman–Crippen LogP) is 4.99. The SMILES string of the molecule is CCOC(Oc1cccc(C(C)CC)c1)C(C)(C)C. The van der Waals surface area contributed by atoms with Gasteiger partial charge in [0.25, 0.3) is 0 Å². The fourth-order valence-corrected chi connectivity index (χ4v) is 1.87. The molecule has 108 valence electrons. The van der Waals surface area contributed by atoms with E-state index in [1.165, 1.54) is 5.56 Å². The predicted molar refractivity (Wildman–Crippen MR) is 80.6 cm³/mol. The summed E-state index contributed by atoms with van der Waals surface area (Å²) in [4.78, 5) is 0.